The van der Waals surface area contributed by atoms with Crippen LogP contribution in [0.2, 0.25) is 0 Å². The molecule has 0 aromatic carbocycles. The number of rotatable bonds is 4. The van der Waals surface area contributed by atoms with E-state index in [2.05, 4.69) is 17.2 Å². The summed E-state index contributed by atoms with van der Waals surface area (Å²) in [6.45, 7) is 12.9. The van der Waals surface area contributed by atoms with Crippen molar-refractivity contribution in [3.8, 4) is 0 Å². The fourth-order valence-corrected chi connectivity index (χ4v) is 2.18. The molecule has 1 rings (SSSR count). The third-order valence-corrected chi connectivity index (χ3v) is 3.16. The molecule has 1 aliphatic heterocycles. The summed E-state index contributed by atoms with van der Waals surface area (Å²) in [5, 5.41) is 5.71. The molecule has 1 fully saturated rings. The van der Waals surface area contributed by atoms with Gasteiger partial charge in [-0.2, -0.15) is 0 Å². The average molecular weight is 268 g/mol. The molecular weight excluding hydrogens is 244 g/mol. The number of ether oxygens (including phenoxy) is 1. The van der Waals surface area contributed by atoms with Crippen LogP contribution in [0.15, 0.2) is 12.4 Å². The van der Waals surface area contributed by atoms with Crippen LogP contribution in [0, 0.1) is 5.92 Å². The second-order valence-electron chi connectivity index (χ2n) is 6.13. The molecule has 2 unspecified atom stereocenters. The molecule has 2 N–H and O–H groups in total. The number of hydrogen-bond donors (Lipinski definition) is 2. The van der Waals surface area contributed by atoms with Crippen molar-refractivity contribution in [1.29, 1.82) is 0 Å². The number of hydrogen-bond acceptors (Lipinski definition) is 4. The maximum atomic E-state index is 12.0. The fraction of sp³-hybridized carbons (Fsp3) is 0.714. The number of amides is 1. The Morgan fingerprint density at radius 3 is 2.42 bits per heavy atom. The molecular formula is C14H24N2O3. The minimum Gasteiger partial charge on any atom is -0.460 e. The molecule has 0 saturated carbocycles. The Morgan fingerprint density at radius 1 is 1.47 bits per heavy atom. The Hall–Kier alpha value is -1.52. The number of carbonyl (C=O) groups is 2. The molecule has 0 radical (unpaired) electrons. The van der Waals surface area contributed by atoms with Crippen LogP contribution in [0.5, 0.6) is 0 Å². The van der Waals surface area contributed by atoms with E-state index in [0.717, 1.165) is 0 Å². The van der Waals surface area contributed by atoms with Gasteiger partial charge in [0.25, 0.3) is 5.91 Å². The maximum absolute atomic E-state index is 12.0. The van der Waals surface area contributed by atoms with E-state index < -0.39 is 11.1 Å². The van der Waals surface area contributed by atoms with Gasteiger partial charge in [0, 0.05) is 0 Å². The van der Waals surface area contributed by atoms with Gasteiger partial charge < -0.3 is 15.4 Å². The summed E-state index contributed by atoms with van der Waals surface area (Å²) < 4.78 is 5.34. The van der Waals surface area contributed by atoms with Crippen LogP contribution >= 0.6 is 0 Å². The van der Waals surface area contributed by atoms with Gasteiger partial charge >= 0.3 is 5.97 Å². The van der Waals surface area contributed by atoms with Gasteiger partial charge in [-0.25, -0.2) is 0 Å². The van der Waals surface area contributed by atoms with Gasteiger partial charge in [-0.15, -0.1) is 0 Å². The van der Waals surface area contributed by atoms with Gasteiger partial charge in [0.1, 0.15) is 11.1 Å². The van der Waals surface area contributed by atoms with Crippen LogP contribution in [0.4, 0.5) is 0 Å². The van der Waals surface area contributed by atoms with Crippen molar-refractivity contribution in [3.05, 3.63) is 12.4 Å². The zero-order valence-corrected chi connectivity index (χ0v) is 12.4. The minimum atomic E-state index is -0.757. The highest BCUT2D eigenvalue weighted by Crippen LogP contribution is 2.27. The zero-order chi connectivity index (χ0) is 14.8. The van der Waals surface area contributed by atoms with E-state index in [1.807, 2.05) is 27.7 Å². The molecule has 0 aromatic rings. The van der Waals surface area contributed by atoms with Crippen molar-refractivity contribution < 1.29 is 14.3 Å². The van der Waals surface area contributed by atoms with Crippen LogP contribution < -0.4 is 10.6 Å². The van der Waals surface area contributed by atoms with Gasteiger partial charge in [0.05, 0.1) is 11.7 Å². The molecule has 19 heavy (non-hydrogen) atoms. The van der Waals surface area contributed by atoms with Gasteiger partial charge in [-0.05, 0) is 33.6 Å². The van der Waals surface area contributed by atoms with Gasteiger partial charge in [0.15, 0.2) is 0 Å². The highest BCUT2D eigenvalue weighted by molar-refractivity contribution is 5.91. The SMILES string of the molecule is C=C1NC(=O)C(CC)(CC(C)C(=O)OC(C)(C)C)N1. The van der Waals surface area contributed by atoms with E-state index in [1.54, 1.807) is 6.92 Å². The van der Waals surface area contributed by atoms with Crippen LogP contribution in [-0.4, -0.2) is 23.0 Å². The third kappa shape index (κ3) is 3.72. The van der Waals surface area contributed by atoms with Gasteiger partial charge in [-0.3, -0.25) is 9.59 Å². The molecule has 1 aliphatic rings. The maximum Gasteiger partial charge on any atom is 0.309 e. The first kappa shape index (κ1) is 15.5. The summed E-state index contributed by atoms with van der Waals surface area (Å²) in [6, 6.07) is 0. The minimum absolute atomic E-state index is 0.129. The monoisotopic (exact) mass is 268 g/mol. The summed E-state index contributed by atoms with van der Waals surface area (Å²) in [7, 11) is 0. The van der Waals surface area contributed by atoms with Crippen LogP contribution in [-0.2, 0) is 14.3 Å². The fourth-order valence-electron chi connectivity index (χ4n) is 2.18. The molecule has 1 saturated heterocycles. The second-order valence-corrected chi connectivity index (χ2v) is 6.13. The largest absolute Gasteiger partial charge is 0.460 e. The number of carbonyl (C=O) groups excluding carboxylic acids is 2. The Labute approximate surface area is 114 Å². The summed E-state index contributed by atoms with van der Waals surface area (Å²) in [5.74, 6) is -0.283. The van der Waals surface area contributed by atoms with E-state index in [-0.39, 0.29) is 17.8 Å². The molecule has 5 heteroatoms. The van der Waals surface area contributed by atoms with E-state index in [1.165, 1.54) is 0 Å². The summed E-state index contributed by atoms with van der Waals surface area (Å²) in [6.07, 6.45) is 0.980. The predicted molar refractivity (Wildman–Crippen MR) is 73.1 cm³/mol. The smallest absolute Gasteiger partial charge is 0.309 e. The highest BCUT2D eigenvalue weighted by Gasteiger charge is 2.44. The molecule has 1 amide bonds. The number of nitrogens with one attached hydrogen (secondary N) is 2. The molecule has 2 atom stereocenters. The van der Waals surface area contributed by atoms with Crippen molar-refractivity contribution in [2.75, 3.05) is 0 Å². The Kier molecular flexibility index (Phi) is 4.28. The number of esters is 1. The van der Waals surface area contributed by atoms with Gasteiger partial charge in [-0.1, -0.05) is 20.4 Å². The molecule has 0 aliphatic carbocycles. The average Bonchev–Trinajstić information content (AvgIpc) is 2.51. The molecule has 108 valence electrons. The van der Waals surface area contributed by atoms with E-state index in [0.29, 0.717) is 18.7 Å². The first-order chi connectivity index (χ1) is 8.59. The second kappa shape index (κ2) is 5.23. The normalized spacial score (nSPS) is 24.7. The molecule has 0 aromatic heterocycles. The standard InChI is InChI=1S/C14H24N2O3/c1-7-14(12(18)15-10(3)16-14)8-9(2)11(17)19-13(4,5)6/h9,16H,3,7-8H2,1-2,4-6H3,(H,15,18). The van der Waals surface area contributed by atoms with Crippen LogP contribution in [0.1, 0.15) is 47.5 Å². The first-order valence-corrected chi connectivity index (χ1v) is 6.61. The quantitative estimate of drug-likeness (QED) is 0.761. The van der Waals surface area contributed by atoms with Crippen molar-refractivity contribution >= 4 is 11.9 Å². The third-order valence-electron chi connectivity index (χ3n) is 3.16. The Bertz CT molecular complexity index is 398. The first-order valence-electron chi connectivity index (χ1n) is 6.61. The molecule has 0 bridgehead atoms. The van der Waals surface area contributed by atoms with Crippen molar-refractivity contribution in [2.45, 2.75) is 58.6 Å². The summed E-state index contributed by atoms with van der Waals surface area (Å²) >= 11 is 0. The lowest BCUT2D eigenvalue weighted by Crippen LogP contribution is -2.48. The van der Waals surface area contributed by atoms with Crippen molar-refractivity contribution in [2.24, 2.45) is 5.92 Å². The van der Waals surface area contributed by atoms with Gasteiger partial charge in [0.2, 0.25) is 0 Å². The van der Waals surface area contributed by atoms with E-state index in [9.17, 15) is 9.59 Å². The molecule has 5 nitrogen and oxygen atoms in total. The predicted octanol–water partition coefficient (Wildman–Crippen LogP) is 1.69. The topological polar surface area (TPSA) is 67.4 Å². The zero-order valence-electron chi connectivity index (χ0n) is 12.4. The highest BCUT2D eigenvalue weighted by atomic mass is 16.6. The van der Waals surface area contributed by atoms with Crippen LogP contribution in [0.3, 0.4) is 0 Å². The lowest BCUT2D eigenvalue weighted by molar-refractivity contribution is -0.160. The Morgan fingerprint density at radius 2 is 2.05 bits per heavy atom. The van der Waals surface area contributed by atoms with E-state index in [4.69, 9.17) is 4.74 Å². The lowest BCUT2D eigenvalue weighted by Gasteiger charge is -2.29. The lowest BCUT2D eigenvalue weighted by atomic mass is 9.86. The molecule has 0 spiro atoms. The van der Waals surface area contributed by atoms with E-state index >= 15 is 0 Å². The molecule has 1 heterocycles. The summed E-state index contributed by atoms with van der Waals surface area (Å²) in [4.78, 5) is 24.0. The van der Waals surface area contributed by atoms with Crippen molar-refractivity contribution in [3.63, 3.8) is 0 Å². The Balaban J connectivity index is 2.74. The van der Waals surface area contributed by atoms with Crippen LogP contribution in [0.25, 0.3) is 0 Å². The van der Waals surface area contributed by atoms with Crippen molar-refractivity contribution in [1.82, 2.24) is 10.6 Å². The summed E-state index contributed by atoms with van der Waals surface area (Å²) in [5.41, 5.74) is -1.27.